The Balaban J connectivity index is 2.17. The lowest BCUT2D eigenvalue weighted by molar-refractivity contribution is -0.665. The molecule has 0 spiro atoms. The second-order valence-corrected chi connectivity index (χ2v) is 5.54. The van der Waals surface area contributed by atoms with Gasteiger partial charge in [0.15, 0.2) is 0 Å². The number of benzene rings is 1. The number of nitrogens with one attached hydrogen (secondary N) is 1. The van der Waals surface area contributed by atoms with Crippen LogP contribution in [0.4, 0.5) is 0 Å². The predicted molar refractivity (Wildman–Crippen MR) is 77.6 cm³/mol. The zero-order valence-corrected chi connectivity index (χ0v) is 11.6. The minimum Gasteiger partial charge on any atom is -0.348 e. The number of fused-ring (bicyclic) bond motifs is 5. The number of aromatic nitrogens is 3. The van der Waals surface area contributed by atoms with Gasteiger partial charge in [0.2, 0.25) is 0 Å². The van der Waals surface area contributed by atoms with Crippen molar-refractivity contribution in [1.82, 2.24) is 9.55 Å². The van der Waals surface area contributed by atoms with Crippen LogP contribution < -0.4 is 10.1 Å². The zero-order valence-electron chi connectivity index (χ0n) is 11.6. The fourth-order valence-electron chi connectivity index (χ4n) is 3.31. The third kappa shape index (κ3) is 1.36. The second kappa shape index (κ2) is 3.82. The van der Waals surface area contributed by atoms with Crippen LogP contribution in [0.1, 0.15) is 18.5 Å². The molecule has 4 rings (SSSR count). The standard InChI is InChI=1S/C16H15N3O/c1-10-9-12-11-5-3-4-6-13(11)17-15(12)16-18(2)8-7-14(20)19(10)16/h3-8,10H,9H2,1-2H3/p+1. The Morgan fingerprint density at radius 3 is 2.95 bits per heavy atom. The minimum atomic E-state index is 0.0647. The first-order chi connectivity index (χ1) is 9.66. The maximum absolute atomic E-state index is 12.2. The Labute approximate surface area is 116 Å². The Kier molecular flexibility index (Phi) is 2.19. The zero-order chi connectivity index (χ0) is 13.9. The molecule has 4 nitrogen and oxygen atoms in total. The molecule has 1 aliphatic heterocycles. The number of rotatable bonds is 0. The van der Waals surface area contributed by atoms with Gasteiger partial charge in [-0.15, -0.1) is 0 Å². The number of nitrogens with zero attached hydrogens (tertiary/aromatic N) is 2. The molecule has 0 bridgehead atoms. The molecule has 1 atom stereocenters. The Hall–Kier alpha value is -2.36. The van der Waals surface area contributed by atoms with E-state index in [9.17, 15) is 4.79 Å². The SMILES string of the molecule is CC1Cc2c([nH]c3ccccc23)-c2n1c(=O)cc[n+]2C. The monoisotopic (exact) mass is 266 g/mol. The van der Waals surface area contributed by atoms with Crippen LogP contribution in [0.3, 0.4) is 0 Å². The molecular formula is C16H16N3O+. The van der Waals surface area contributed by atoms with Gasteiger partial charge in [0, 0.05) is 17.3 Å². The number of para-hydroxylation sites is 1. The summed E-state index contributed by atoms with van der Waals surface area (Å²) in [7, 11) is 1.98. The molecule has 0 amide bonds. The molecule has 1 N–H and O–H groups in total. The van der Waals surface area contributed by atoms with E-state index >= 15 is 0 Å². The van der Waals surface area contributed by atoms with Crippen molar-refractivity contribution in [2.45, 2.75) is 19.4 Å². The summed E-state index contributed by atoms with van der Waals surface area (Å²) >= 11 is 0. The predicted octanol–water partition coefficient (Wildman–Crippen LogP) is 1.94. The molecule has 3 heterocycles. The molecule has 0 radical (unpaired) electrons. The summed E-state index contributed by atoms with van der Waals surface area (Å²) in [5, 5.41) is 1.26. The van der Waals surface area contributed by atoms with Crippen molar-refractivity contribution in [3.63, 3.8) is 0 Å². The van der Waals surface area contributed by atoms with Crippen LogP contribution in [0.25, 0.3) is 22.4 Å². The van der Waals surface area contributed by atoms with Gasteiger partial charge in [-0.2, -0.15) is 4.57 Å². The van der Waals surface area contributed by atoms with E-state index < -0.39 is 0 Å². The van der Waals surface area contributed by atoms with Gasteiger partial charge in [-0.25, -0.2) is 9.36 Å². The van der Waals surface area contributed by atoms with Crippen molar-refractivity contribution in [2.75, 3.05) is 0 Å². The van der Waals surface area contributed by atoms with Gasteiger partial charge >= 0.3 is 11.4 Å². The number of aryl methyl sites for hydroxylation is 1. The van der Waals surface area contributed by atoms with Crippen molar-refractivity contribution < 1.29 is 4.57 Å². The molecule has 0 aliphatic carbocycles. The van der Waals surface area contributed by atoms with Gasteiger partial charge < -0.3 is 4.98 Å². The van der Waals surface area contributed by atoms with Crippen LogP contribution >= 0.6 is 0 Å². The van der Waals surface area contributed by atoms with E-state index in [1.165, 1.54) is 10.9 Å². The van der Waals surface area contributed by atoms with Crippen molar-refractivity contribution in [3.8, 4) is 11.5 Å². The van der Waals surface area contributed by atoms with E-state index in [4.69, 9.17) is 0 Å². The number of hydrogen-bond donors (Lipinski definition) is 1. The molecule has 2 aromatic heterocycles. The summed E-state index contributed by atoms with van der Waals surface area (Å²) in [5.41, 5.74) is 3.59. The van der Waals surface area contributed by atoms with E-state index in [1.807, 2.05) is 28.4 Å². The summed E-state index contributed by atoms with van der Waals surface area (Å²) in [6, 6.07) is 10.1. The summed E-state index contributed by atoms with van der Waals surface area (Å²) in [6.45, 7) is 2.11. The highest BCUT2D eigenvalue weighted by Gasteiger charge is 2.33. The lowest BCUT2D eigenvalue weighted by atomic mass is 9.99. The molecule has 0 saturated carbocycles. The molecule has 1 aromatic carbocycles. The first-order valence-corrected chi connectivity index (χ1v) is 6.88. The first kappa shape index (κ1) is 11.5. The van der Waals surface area contributed by atoms with Gasteiger partial charge in [-0.05, 0) is 18.6 Å². The Morgan fingerprint density at radius 2 is 2.10 bits per heavy atom. The smallest absolute Gasteiger partial charge is 0.337 e. The normalized spacial score (nSPS) is 17.0. The molecule has 1 unspecified atom stereocenters. The topological polar surface area (TPSA) is 41.7 Å². The highest BCUT2D eigenvalue weighted by molar-refractivity contribution is 5.89. The van der Waals surface area contributed by atoms with Crippen molar-refractivity contribution in [3.05, 3.63) is 52.4 Å². The second-order valence-electron chi connectivity index (χ2n) is 5.54. The molecule has 0 saturated heterocycles. The maximum Gasteiger partial charge on any atom is 0.337 e. The number of hydrogen-bond acceptors (Lipinski definition) is 1. The van der Waals surface area contributed by atoms with E-state index in [0.29, 0.717) is 0 Å². The fraction of sp³-hybridized carbons (Fsp3) is 0.250. The summed E-state index contributed by atoms with van der Waals surface area (Å²) in [6.07, 6.45) is 2.72. The van der Waals surface area contributed by atoms with Gasteiger partial charge in [0.05, 0.1) is 19.3 Å². The minimum absolute atomic E-state index is 0.0647. The average molecular weight is 266 g/mol. The lowest BCUT2D eigenvalue weighted by Crippen LogP contribution is -2.43. The van der Waals surface area contributed by atoms with E-state index in [0.717, 1.165) is 23.5 Å². The number of H-pyrrole nitrogens is 1. The molecule has 1 aliphatic rings. The average Bonchev–Trinajstić information content (AvgIpc) is 2.81. The van der Waals surface area contributed by atoms with Gasteiger partial charge in [0.1, 0.15) is 11.7 Å². The van der Waals surface area contributed by atoms with Crippen LogP contribution in [0.5, 0.6) is 0 Å². The summed E-state index contributed by atoms with van der Waals surface area (Å²) in [5.74, 6) is 0.961. The fourth-order valence-corrected chi connectivity index (χ4v) is 3.31. The van der Waals surface area contributed by atoms with Crippen LogP contribution in [0.15, 0.2) is 41.3 Å². The van der Waals surface area contributed by atoms with Gasteiger partial charge in [-0.3, -0.25) is 0 Å². The lowest BCUT2D eigenvalue weighted by Gasteiger charge is -2.19. The van der Waals surface area contributed by atoms with Crippen LogP contribution in [0.2, 0.25) is 0 Å². The van der Waals surface area contributed by atoms with E-state index in [-0.39, 0.29) is 11.6 Å². The van der Waals surface area contributed by atoms with Crippen molar-refractivity contribution >= 4 is 10.9 Å². The summed E-state index contributed by atoms with van der Waals surface area (Å²) < 4.78 is 3.91. The van der Waals surface area contributed by atoms with Crippen LogP contribution in [0, 0.1) is 0 Å². The van der Waals surface area contributed by atoms with Crippen molar-refractivity contribution in [2.24, 2.45) is 7.05 Å². The largest absolute Gasteiger partial charge is 0.348 e. The molecule has 3 aromatic rings. The van der Waals surface area contributed by atoms with Crippen LogP contribution in [-0.4, -0.2) is 9.55 Å². The number of aromatic amines is 1. The molecule has 0 fully saturated rings. The highest BCUT2D eigenvalue weighted by atomic mass is 16.1. The third-order valence-corrected chi connectivity index (χ3v) is 4.22. The molecular weight excluding hydrogens is 250 g/mol. The van der Waals surface area contributed by atoms with E-state index in [1.54, 1.807) is 6.07 Å². The first-order valence-electron chi connectivity index (χ1n) is 6.88. The van der Waals surface area contributed by atoms with Crippen LogP contribution in [-0.2, 0) is 13.5 Å². The van der Waals surface area contributed by atoms with E-state index in [2.05, 4.69) is 30.1 Å². The Bertz CT molecular complexity index is 888. The van der Waals surface area contributed by atoms with Crippen molar-refractivity contribution in [1.29, 1.82) is 0 Å². The highest BCUT2D eigenvalue weighted by Crippen LogP contribution is 2.35. The van der Waals surface area contributed by atoms with Gasteiger partial charge in [-0.1, -0.05) is 18.2 Å². The maximum atomic E-state index is 12.2. The quantitative estimate of drug-likeness (QED) is 0.621. The summed E-state index contributed by atoms with van der Waals surface area (Å²) in [4.78, 5) is 15.7. The third-order valence-electron chi connectivity index (χ3n) is 4.22. The molecule has 4 heteroatoms. The molecule has 20 heavy (non-hydrogen) atoms. The Morgan fingerprint density at radius 1 is 1.30 bits per heavy atom. The molecule has 100 valence electrons. The van der Waals surface area contributed by atoms with Gasteiger partial charge in [0.25, 0.3) is 0 Å².